The van der Waals surface area contributed by atoms with E-state index in [2.05, 4.69) is 20.5 Å². The quantitative estimate of drug-likeness (QED) is 0.425. The monoisotopic (exact) mass is 436 g/mol. The zero-order chi connectivity index (χ0) is 21.0. The van der Waals surface area contributed by atoms with Gasteiger partial charge in [-0.3, -0.25) is 4.79 Å². The van der Waals surface area contributed by atoms with E-state index in [4.69, 9.17) is 18.3 Å². The number of hydrogen-bond donors (Lipinski definition) is 1. The minimum absolute atomic E-state index is 0.127. The van der Waals surface area contributed by atoms with Crippen LogP contribution in [0.3, 0.4) is 0 Å². The lowest BCUT2D eigenvalue weighted by Crippen LogP contribution is -2.12. The zero-order valence-corrected chi connectivity index (χ0v) is 16.9. The molecule has 1 amide bonds. The number of ether oxygens (including phenoxy) is 2. The number of aromatic nitrogens is 3. The van der Waals surface area contributed by atoms with E-state index in [1.807, 2.05) is 0 Å². The van der Waals surface area contributed by atoms with Crippen LogP contribution in [-0.4, -0.2) is 33.6 Å². The van der Waals surface area contributed by atoms with Crippen molar-refractivity contribution in [2.45, 2.75) is 11.6 Å². The van der Waals surface area contributed by atoms with Crippen molar-refractivity contribution >= 4 is 23.4 Å². The Hall–Kier alpha value is -3.79. The molecule has 0 atom stereocenters. The van der Waals surface area contributed by atoms with Gasteiger partial charge in [0, 0.05) is 23.9 Å². The molecule has 3 aromatic heterocycles. The second-order valence-corrected chi connectivity index (χ2v) is 7.52. The van der Waals surface area contributed by atoms with Crippen LogP contribution in [0.5, 0.6) is 11.5 Å². The molecule has 156 valence electrons. The third-order valence-corrected chi connectivity index (χ3v) is 5.23. The molecule has 1 N–H and O–H groups in total. The van der Waals surface area contributed by atoms with Crippen LogP contribution < -0.4 is 14.8 Å². The summed E-state index contributed by atoms with van der Waals surface area (Å²) >= 11 is 1.33. The summed E-state index contributed by atoms with van der Waals surface area (Å²) in [5.74, 6) is 2.75. The number of carbonyl (C=O) groups is 1. The minimum atomic E-state index is -0.127. The number of fused-ring (bicyclic) bond motifs is 1. The Labute approximate surface area is 180 Å². The molecule has 1 aromatic carbocycles. The molecule has 5 rings (SSSR count). The number of anilines is 1. The van der Waals surface area contributed by atoms with E-state index in [0.29, 0.717) is 51.0 Å². The highest BCUT2D eigenvalue weighted by atomic mass is 32.2. The molecule has 9 nitrogen and oxygen atoms in total. The summed E-state index contributed by atoms with van der Waals surface area (Å²) in [7, 11) is 0. The maximum atomic E-state index is 12.3. The highest BCUT2D eigenvalue weighted by Gasteiger charge is 2.18. The Morgan fingerprint density at radius 2 is 1.74 bits per heavy atom. The molecule has 0 bridgehead atoms. The third-order valence-electron chi connectivity index (χ3n) is 4.39. The molecule has 4 heterocycles. The van der Waals surface area contributed by atoms with Crippen LogP contribution in [0.15, 0.2) is 69.0 Å². The lowest BCUT2D eigenvalue weighted by molar-refractivity contribution is -0.115. The second kappa shape index (κ2) is 8.52. The van der Waals surface area contributed by atoms with Gasteiger partial charge in [0.25, 0.3) is 0 Å². The summed E-state index contributed by atoms with van der Waals surface area (Å²) in [6, 6.07) is 12.4. The smallest absolute Gasteiger partial charge is 0.231 e. The van der Waals surface area contributed by atoms with Gasteiger partial charge in [-0.05, 0) is 36.4 Å². The number of rotatable bonds is 7. The van der Waals surface area contributed by atoms with E-state index in [1.165, 1.54) is 11.8 Å². The fourth-order valence-corrected chi connectivity index (χ4v) is 3.69. The second-order valence-electron chi connectivity index (χ2n) is 6.46. The first-order valence-corrected chi connectivity index (χ1v) is 10.4. The molecule has 0 saturated carbocycles. The topological polar surface area (TPSA) is 113 Å². The van der Waals surface area contributed by atoms with E-state index in [1.54, 1.807) is 55.0 Å². The van der Waals surface area contributed by atoms with Crippen molar-refractivity contribution in [2.75, 3.05) is 17.9 Å². The van der Waals surface area contributed by atoms with Crippen LogP contribution in [0.1, 0.15) is 6.42 Å². The predicted octanol–water partition coefficient (Wildman–Crippen LogP) is 4.24. The molecule has 0 saturated heterocycles. The Morgan fingerprint density at radius 1 is 0.968 bits per heavy atom. The molecular weight excluding hydrogens is 420 g/mol. The summed E-state index contributed by atoms with van der Waals surface area (Å²) in [4.78, 5) is 16.9. The van der Waals surface area contributed by atoms with Gasteiger partial charge in [-0.25, -0.2) is 4.98 Å². The van der Waals surface area contributed by atoms with E-state index < -0.39 is 0 Å². The summed E-state index contributed by atoms with van der Waals surface area (Å²) in [5.41, 5.74) is 1.67. The standard InChI is InChI=1S/C21H16N4O5S/c26-18(22-13-5-6-14-17(11-13)30-12-29-14)7-10-31-21-23-19(15-3-1-8-27-15)20(24-25-21)16-4-2-9-28-16/h1-6,8-9,11H,7,10,12H2,(H,22,26). The van der Waals surface area contributed by atoms with Crippen molar-refractivity contribution in [3.05, 3.63) is 55.0 Å². The predicted molar refractivity (Wildman–Crippen MR) is 112 cm³/mol. The van der Waals surface area contributed by atoms with Crippen LogP contribution >= 0.6 is 11.8 Å². The van der Waals surface area contributed by atoms with Crippen molar-refractivity contribution in [1.29, 1.82) is 0 Å². The molecule has 31 heavy (non-hydrogen) atoms. The normalized spacial score (nSPS) is 12.1. The lowest BCUT2D eigenvalue weighted by Gasteiger charge is -2.07. The number of furan rings is 2. The number of nitrogens with zero attached hydrogens (tertiary/aromatic N) is 3. The molecule has 10 heteroatoms. The molecule has 0 aliphatic carbocycles. The zero-order valence-electron chi connectivity index (χ0n) is 16.1. The number of benzene rings is 1. The average molecular weight is 436 g/mol. The largest absolute Gasteiger partial charge is 0.463 e. The highest BCUT2D eigenvalue weighted by Crippen LogP contribution is 2.34. The molecule has 0 unspecified atom stereocenters. The van der Waals surface area contributed by atoms with Crippen LogP contribution in [-0.2, 0) is 4.79 Å². The Kier molecular flexibility index (Phi) is 5.28. The number of thioether (sulfide) groups is 1. The number of amides is 1. The van der Waals surface area contributed by atoms with Crippen LogP contribution in [0, 0.1) is 0 Å². The van der Waals surface area contributed by atoms with Gasteiger partial charge in [-0.1, -0.05) is 11.8 Å². The van der Waals surface area contributed by atoms with Gasteiger partial charge in [0.1, 0.15) is 5.69 Å². The van der Waals surface area contributed by atoms with Crippen molar-refractivity contribution in [1.82, 2.24) is 15.2 Å². The van der Waals surface area contributed by atoms with E-state index >= 15 is 0 Å². The highest BCUT2D eigenvalue weighted by molar-refractivity contribution is 7.99. The van der Waals surface area contributed by atoms with Crippen LogP contribution in [0.4, 0.5) is 5.69 Å². The maximum absolute atomic E-state index is 12.3. The number of hydrogen-bond acceptors (Lipinski definition) is 9. The third kappa shape index (κ3) is 4.24. The van der Waals surface area contributed by atoms with Crippen molar-refractivity contribution < 1.29 is 23.1 Å². The fraction of sp³-hybridized carbons (Fsp3) is 0.143. The maximum Gasteiger partial charge on any atom is 0.231 e. The van der Waals surface area contributed by atoms with Gasteiger partial charge in [0.15, 0.2) is 28.7 Å². The molecule has 1 aliphatic rings. The van der Waals surface area contributed by atoms with E-state index in [-0.39, 0.29) is 19.1 Å². The van der Waals surface area contributed by atoms with Gasteiger partial charge >= 0.3 is 0 Å². The Bertz CT molecular complexity index is 1190. The first-order chi connectivity index (χ1) is 15.3. The lowest BCUT2D eigenvalue weighted by atomic mass is 10.2. The number of carbonyl (C=O) groups excluding carboxylic acids is 1. The first-order valence-electron chi connectivity index (χ1n) is 9.41. The van der Waals surface area contributed by atoms with Crippen molar-refractivity contribution in [3.63, 3.8) is 0 Å². The molecule has 0 radical (unpaired) electrons. The van der Waals surface area contributed by atoms with Crippen LogP contribution in [0.25, 0.3) is 22.9 Å². The molecule has 1 aliphatic heterocycles. The summed E-state index contributed by atoms with van der Waals surface area (Å²) in [6.45, 7) is 0.191. The number of nitrogens with one attached hydrogen (secondary N) is 1. The SMILES string of the molecule is O=C(CCSc1nnc(-c2ccco2)c(-c2ccco2)n1)Nc1ccc2c(c1)OCO2. The van der Waals surface area contributed by atoms with Gasteiger partial charge in [0.2, 0.25) is 17.9 Å². The Morgan fingerprint density at radius 3 is 2.52 bits per heavy atom. The molecular formula is C21H16N4O5S. The fourth-order valence-electron chi connectivity index (χ4n) is 2.97. The first kappa shape index (κ1) is 19.2. The van der Waals surface area contributed by atoms with Crippen molar-refractivity contribution in [3.8, 4) is 34.4 Å². The van der Waals surface area contributed by atoms with Gasteiger partial charge in [0.05, 0.1) is 12.5 Å². The van der Waals surface area contributed by atoms with Crippen LogP contribution in [0.2, 0.25) is 0 Å². The summed E-state index contributed by atoms with van der Waals surface area (Å²) in [5, 5.41) is 11.7. The Balaban J connectivity index is 1.23. The van der Waals surface area contributed by atoms with Crippen molar-refractivity contribution in [2.24, 2.45) is 0 Å². The molecule has 0 spiro atoms. The average Bonchev–Trinajstić information content (AvgIpc) is 3.56. The van der Waals surface area contributed by atoms with E-state index in [0.717, 1.165) is 0 Å². The van der Waals surface area contributed by atoms with Gasteiger partial charge < -0.3 is 23.6 Å². The summed E-state index contributed by atoms with van der Waals surface area (Å²) < 4.78 is 21.5. The van der Waals surface area contributed by atoms with Gasteiger partial charge in [-0.15, -0.1) is 10.2 Å². The van der Waals surface area contributed by atoms with E-state index in [9.17, 15) is 4.79 Å². The minimum Gasteiger partial charge on any atom is -0.463 e. The molecule has 4 aromatic rings. The molecule has 0 fully saturated rings. The van der Waals surface area contributed by atoms with Gasteiger partial charge in [-0.2, -0.15) is 0 Å². The summed E-state index contributed by atoms with van der Waals surface area (Å²) in [6.07, 6.45) is 3.40.